The van der Waals surface area contributed by atoms with Crippen LogP contribution in [0.1, 0.15) is 17.9 Å². The summed E-state index contributed by atoms with van der Waals surface area (Å²) in [5.74, 6) is -1.48. The second-order valence-electron chi connectivity index (χ2n) is 4.92. The number of hydrogen-bond donors (Lipinski definition) is 1. The first-order valence-corrected chi connectivity index (χ1v) is 6.59. The average molecular weight is 303 g/mol. The molecule has 21 heavy (non-hydrogen) atoms. The SMILES string of the molecule is O=C(O)C1CN(CCCOCC(F)(F)F)c2ccccc21. The van der Waals surface area contributed by atoms with E-state index in [-0.39, 0.29) is 6.61 Å². The number of ether oxygens (including phenoxy) is 1. The van der Waals surface area contributed by atoms with Crippen molar-refractivity contribution in [3.8, 4) is 0 Å². The van der Waals surface area contributed by atoms with Gasteiger partial charge in [0.15, 0.2) is 0 Å². The van der Waals surface area contributed by atoms with Gasteiger partial charge in [0.2, 0.25) is 0 Å². The third kappa shape index (κ3) is 4.10. The monoisotopic (exact) mass is 303 g/mol. The molecule has 1 heterocycles. The molecule has 1 unspecified atom stereocenters. The number of para-hydroxylation sites is 1. The Balaban J connectivity index is 1.86. The van der Waals surface area contributed by atoms with Crippen LogP contribution in [0.5, 0.6) is 0 Å². The fourth-order valence-electron chi connectivity index (χ4n) is 2.46. The molecule has 1 aliphatic heterocycles. The molecule has 7 heteroatoms. The van der Waals surface area contributed by atoms with Gasteiger partial charge in [-0.1, -0.05) is 18.2 Å². The summed E-state index contributed by atoms with van der Waals surface area (Å²) < 4.78 is 40.3. The Hall–Kier alpha value is -1.76. The summed E-state index contributed by atoms with van der Waals surface area (Å²) in [7, 11) is 0. The molecule has 1 aromatic rings. The molecule has 1 aromatic carbocycles. The van der Waals surface area contributed by atoms with Crippen molar-refractivity contribution in [1.82, 2.24) is 0 Å². The molecule has 4 nitrogen and oxygen atoms in total. The molecule has 0 aliphatic carbocycles. The largest absolute Gasteiger partial charge is 0.481 e. The summed E-state index contributed by atoms with van der Waals surface area (Å²) in [4.78, 5) is 13.1. The van der Waals surface area contributed by atoms with E-state index in [0.717, 1.165) is 11.3 Å². The Morgan fingerprint density at radius 2 is 2.10 bits per heavy atom. The fraction of sp³-hybridized carbons (Fsp3) is 0.500. The number of carbonyl (C=O) groups is 1. The van der Waals surface area contributed by atoms with Crippen molar-refractivity contribution in [3.63, 3.8) is 0 Å². The van der Waals surface area contributed by atoms with E-state index in [2.05, 4.69) is 4.74 Å². The third-order valence-corrected chi connectivity index (χ3v) is 3.34. The molecule has 1 atom stereocenters. The Morgan fingerprint density at radius 3 is 2.76 bits per heavy atom. The number of alkyl halides is 3. The first-order chi connectivity index (χ1) is 9.88. The quantitative estimate of drug-likeness (QED) is 0.821. The van der Waals surface area contributed by atoms with Crippen LogP contribution in [0.15, 0.2) is 24.3 Å². The second kappa shape index (κ2) is 6.34. The van der Waals surface area contributed by atoms with Crippen molar-refractivity contribution in [3.05, 3.63) is 29.8 Å². The van der Waals surface area contributed by atoms with Crippen molar-refractivity contribution in [2.45, 2.75) is 18.5 Å². The van der Waals surface area contributed by atoms with E-state index in [1.165, 1.54) is 0 Å². The van der Waals surface area contributed by atoms with E-state index in [9.17, 15) is 23.1 Å². The summed E-state index contributed by atoms with van der Waals surface area (Å²) in [5, 5.41) is 9.20. The molecule has 1 aliphatic rings. The molecule has 0 spiro atoms. The number of carboxylic acid groups (broad SMARTS) is 1. The minimum atomic E-state index is -4.31. The normalized spacial score (nSPS) is 17.9. The van der Waals surface area contributed by atoms with Crippen LogP contribution in [-0.2, 0) is 9.53 Å². The predicted molar refractivity (Wildman–Crippen MR) is 70.5 cm³/mol. The highest BCUT2D eigenvalue weighted by molar-refractivity contribution is 5.82. The van der Waals surface area contributed by atoms with Gasteiger partial charge in [0.1, 0.15) is 12.5 Å². The molecule has 0 fully saturated rings. The second-order valence-corrected chi connectivity index (χ2v) is 4.92. The molecular weight excluding hydrogens is 287 g/mol. The van der Waals surface area contributed by atoms with E-state index in [1.54, 1.807) is 12.1 Å². The first kappa shape index (κ1) is 15.6. The topological polar surface area (TPSA) is 49.8 Å². The van der Waals surface area contributed by atoms with Crippen LogP contribution in [0.2, 0.25) is 0 Å². The van der Waals surface area contributed by atoms with Crippen LogP contribution in [0.4, 0.5) is 18.9 Å². The number of rotatable bonds is 6. The van der Waals surface area contributed by atoms with Crippen LogP contribution in [0, 0.1) is 0 Å². The van der Waals surface area contributed by atoms with Gasteiger partial charge in [-0.15, -0.1) is 0 Å². The van der Waals surface area contributed by atoms with E-state index in [4.69, 9.17) is 0 Å². The number of anilines is 1. The number of nitrogens with zero attached hydrogens (tertiary/aromatic N) is 1. The maximum Gasteiger partial charge on any atom is 0.411 e. The molecular formula is C14H16F3NO3. The van der Waals surface area contributed by atoms with Gasteiger partial charge in [0.05, 0.1) is 0 Å². The Morgan fingerprint density at radius 1 is 1.38 bits per heavy atom. The molecule has 1 N–H and O–H groups in total. The van der Waals surface area contributed by atoms with E-state index >= 15 is 0 Å². The Labute approximate surface area is 120 Å². The van der Waals surface area contributed by atoms with Crippen molar-refractivity contribution >= 4 is 11.7 Å². The summed E-state index contributed by atoms with van der Waals surface area (Å²) in [6.45, 7) is -0.441. The molecule has 0 saturated carbocycles. The van der Waals surface area contributed by atoms with Crippen molar-refractivity contribution < 1.29 is 27.8 Å². The smallest absolute Gasteiger partial charge is 0.411 e. The molecule has 0 saturated heterocycles. The zero-order chi connectivity index (χ0) is 15.5. The lowest BCUT2D eigenvalue weighted by molar-refractivity contribution is -0.173. The van der Waals surface area contributed by atoms with E-state index in [1.807, 2.05) is 17.0 Å². The number of aliphatic carboxylic acids is 1. The zero-order valence-corrected chi connectivity index (χ0v) is 11.3. The van der Waals surface area contributed by atoms with Crippen molar-refractivity contribution in [2.24, 2.45) is 0 Å². The van der Waals surface area contributed by atoms with Gasteiger partial charge < -0.3 is 14.7 Å². The van der Waals surface area contributed by atoms with Gasteiger partial charge in [0.25, 0.3) is 0 Å². The van der Waals surface area contributed by atoms with Crippen LogP contribution in [0.3, 0.4) is 0 Å². The Kier molecular flexibility index (Phi) is 4.72. The highest BCUT2D eigenvalue weighted by Gasteiger charge is 2.33. The first-order valence-electron chi connectivity index (χ1n) is 6.59. The molecule has 0 aromatic heterocycles. The van der Waals surface area contributed by atoms with Gasteiger partial charge in [0, 0.05) is 25.4 Å². The van der Waals surface area contributed by atoms with Crippen molar-refractivity contribution in [1.29, 1.82) is 0 Å². The number of halogens is 3. The Bertz CT molecular complexity index is 504. The summed E-state index contributed by atoms with van der Waals surface area (Å²) in [5.41, 5.74) is 1.59. The van der Waals surface area contributed by atoms with Crippen LogP contribution in [-0.4, -0.2) is 43.6 Å². The number of carboxylic acids is 1. The molecule has 0 amide bonds. The fourth-order valence-corrected chi connectivity index (χ4v) is 2.46. The van der Waals surface area contributed by atoms with Gasteiger partial charge in [-0.25, -0.2) is 0 Å². The average Bonchev–Trinajstić information content (AvgIpc) is 2.76. The minimum Gasteiger partial charge on any atom is -0.481 e. The van der Waals surface area contributed by atoms with E-state index in [0.29, 0.717) is 19.5 Å². The number of fused-ring (bicyclic) bond motifs is 1. The van der Waals surface area contributed by atoms with Gasteiger partial charge in [-0.3, -0.25) is 4.79 Å². The summed E-state index contributed by atoms with van der Waals surface area (Å²) in [6.07, 6.45) is -3.90. The van der Waals surface area contributed by atoms with Gasteiger partial charge >= 0.3 is 12.1 Å². The minimum absolute atomic E-state index is 0.00405. The lowest BCUT2D eigenvalue weighted by Crippen LogP contribution is -2.26. The van der Waals surface area contributed by atoms with Crippen LogP contribution in [0.25, 0.3) is 0 Å². The highest BCUT2D eigenvalue weighted by Crippen LogP contribution is 2.36. The highest BCUT2D eigenvalue weighted by atomic mass is 19.4. The summed E-state index contributed by atoms with van der Waals surface area (Å²) in [6, 6.07) is 7.20. The lowest BCUT2D eigenvalue weighted by Gasteiger charge is -2.19. The standard InChI is InChI=1S/C14H16F3NO3/c15-14(16,17)9-21-7-3-6-18-8-11(13(19)20)10-4-1-2-5-12(10)18/h1-2,4-5,11H,3,6-9H2,(H,19,20). The zero-order valence-electron chi connectivity index (χ0n) is 11.3. The van der Waals surface area contributed by atoms with Crippen molar-refractivity contribution in [2.75, 3.05) is 31.2 Å². The van der Waals surface area contributed by atoms with E-state index < -0.39 is 24.7 Å². The molecule has 116 valence electrons. The number of benzene rings is 1. The molecule has 2 rings (SSSR count). The van der Waals surface area contributed by atoms with Crippen LogP contribution < -0.4 is 4.90 Å². The molecule has 0 radical (unpaired) electrons. The predicted octanol–water partition coefficient (Wildman–Crippen LogP) is 2.64. The maximum absolute atomic E-state index is 11.9. The summed E-state index contributed by atoms with van der Waals surface area (Å²) >= 11 is 0. The molecule has 0 bridgehead atoms. The lowest BCUT2D eigenvalue weighted by atomic mass is 10.0. The third-order valence-electron chi connectivity index (χ3n) is 3.34. The number of hydrogen-bond acceptors (Lipinski definition) is 3. The van der Waals surface area contributed by atoms with Gasteiger partial charge in [-0.05, 0) is 18.1 Å². The maximum atomic E-state index is 11.9. The van der Waals surface area contributed by atoms with Crippen LogP contribution >= 0.6 is 0 Å². The van der Waals surface area contributed by atoms with Gasteiger partial charge in [-0.2, -0.15) is 13.2 Å².